The quantitative estimate of drug-likeness (QED) is 0.516. The maximum Gasteiger partial charge on any atom is 0.192 e. The zero-order valence-electron chi connectivity index (χ0n) is 6.05. The summed E-state index contributed by atoms with van der Waals surface area (Å²) >= 11 is 1.50. The van der Waals surface area contributed by atoms with Gasteiger partial charge in [0, 0.05) is 11.2 Å². The molecule has 0 aliphatic carbocycles. The first-order valence-corrected chi connectivity index (χ1v) is 4.21. The molecule has 1 aliphatic rings. The van der Waals surface area contributed by atoms with Crippen LogP contribution >= 0.6 is 11.8 Å². The third-order valence-corrected chi connectivity index (χ3v) is 3.61. The van der Waals surface area contributed by atoms with Gasteiger partial charge < -0.3 is 0 Å². The molecule has 52 valence electrons. The maximum absolute atomic E-state index is 11.0. The monoisotopic (exact) mass is 144 g/mol. The molecule has 1 nitrogen and oxygen atoms in total. The van der Waals surface area contributed by atoms with Gasteiger partial charge in [0.15, 0.2) is 5.12 Å². The molecule has 1 rings (SSSR count). The normalized spacial score (nSPS) is 43.9. The number of rotatable bonds is 0. The number of hydrogen-bond acceptors (Lipinski definition) is 2. The Hall–Kier alpha value is 0.0200. The van der Waals surface area contributed by atoms with Gasteiger partial charge in [0.1, 0.15) is 0 Å². The zero-order chi connectivity index (χ0) is 7.02. The van der Waals surface area contributed by atoms with E-state index in [1.54, 1.807) is 0 Å². The molecule has 3 unspecified atom stereocenters. The van der Waals surface area contributed by atoms with Gasteiger partial charge in [-0.15, -0.1) is 0 Å². The lowest BCUT2D eigenvalue weighted by molar-refractivity contribution is -0.114. The van der Waals surface area contributed by atoms with E-state index in [1.807, 2.05) is 6.92 Å². The van der Waals surface area contributed by atoms with Crippen molar-refractivity contribution >= 4 is 16.9 Å². The summed E-state index contributed by atoms with van der Waals surface area (Å²) in [5.74, 6) is 0.854. The average Bonchev–Trinajstić information content (AvgIpc) is 1.98. The molecular formula is C7H12OS. The van der Waals surface area contributed by atoms with E-state index in [0.717, 1.165) is 0 Å². The highest BCUT2D eigenvalue weighted by Crippen LogP contribution is 2.37. The Kier molecular flexibility index (Phi) is 1.85. The van der Waals surface area contributed by atoms with Crippen LogP contribution in [0.3, 0.4) is 0 Å². The number of thioether (sulfide) groups is 1. The molecule has 0 bridgehead atoms. The van der Waals surface area contributed by atoms with Crippen molar-refractivity contribution in [3.63, 3.8) is 0 Å². The van der Waals surface area contributed by atoms with E-state index >= 15 is 0 Å². The van der Waals surface area contributed by atoms with Gasteiger partial charge in [-0.05, 0) is 5.92 Å². The van der Waals surface area contributed by atoms with Crippen molar-refractivity contribution in [1.82, 2.24) is 0 Å². The standard InChI is InChI=1S/C7H12OS/c1-4-5(2)7(8)9-6(4)3/h4-6H,1-3H3. The Labute approximate surface area is 60.2 Å². The summed E-state index contributed by atoms with van der Waals surface area (Å²) in [4.78, 5) is 11.0. The number of carbonyl (C=O) groups is 1. The lowest BCUT2D eigenvalue weighted by Crippen LogP contribution is -2.11. The van der Waals surface area contributed by atoms with Gasteiger partial charge in [-0.2, -0.15) is 0 Å². The first-order valence-electron chi connectivity index (χ1n) is 3.33. The fraction of sp³-hybridized carbons (Fsp3) is 0.857. The summed E-state index contributed by atoms with van der Waals surface area (Å²) in [5, 5.41) is 0.905. The van der Waals surface area contributed by atoms with Crippen LogP contribution in [0.25, 0.3) is 0 Å². The van der Waals surface area contributed by atoms with Crippen molar-refractivity contribution in [3.8, 4) is 0 Å². The smallest absolute Gasteiger partial charge is 0.192 e. The van der Waals surface area contributed by atoms with Gasteiger partial charge >= 0.3 is 0 Å². The van der Waals surface area contributed by atoms with E-state index in [1.165, 1.54) is 11.8 Å². The molecule has 9 heavy (non-hydrogen) atoms. The first-order chi connectivity index (χ1) is 4.13. The summed E-state index contributed by atoms with van der Waals surface area (Å²) in [6, 6.07) is 0. The third-order valence-electron chi connectivity index (χ3n) is 2.20. The molecule has 0 amide bonds. The second kappa shape index (κ2) is 2.33. The number of hydrogen-bond donors (Lipinski definition) is 0. The molecule has 0 N–H and O–H groups in total. The maximum atomic E-state index is 11.0. The second-order valence-corrected chi connectivity index (χ2v) is 4.17. The van der Waals surface area contributed by atoms with Crippen LogP contribution in [0.5, 0.6) is 0 Å². The third kappa shape index (κ3) is 1.13. The van der Waals surface area contributed by atoms with E-state index in [-0.39, 0.29) is 5.92 Å². The van der Waals surface area contributed by atoms with Crippen molar-refractivity contribution in [2.75, 3.05) is 0 Å². The van der Waals surface area contributed by atoms with Crippen molar-refractivity contribution in [3.05, 3.63) is 0 Å². The van der Waals surface area contributed by atoms with Crippen LogP contribution in [0.1, 0.15) is 20.8 Å². The van der Waals surface area contributed by atoms with E-state index < -0.39 is 0 Å². The minimum atomic E-state index is 0.282. The molecule has 0 aromatic carbocycles. The summed E-state index contributed by atoms with van der Waals surface area (Å²) < 4.78 is 0. The van der Waals surface area contributed by atoms with E-state index in [2.05, 4.69) is 13.8 Å². The summed E-state index contributed by atoms with van der Waals surface area (Å²) in [6.07, 6.45) is 0. The second-order valence-electron chi connectivity index (χ2n) is 2.79. The first kappa shape index (κ1) is 7.13. The summed E-state index contributed by atoms with van der Waals surface area (Å²) in [5.41, 5.74) is 0. The molecule has 1 aliphatic heterocycles. The summed E-state index contributed by atoms with van der Waals surface area (Å²) in [7, 11) is 0. The minimum Gasteiger partial charge on any atom is -0.287 e. The average molecular weight is 144 g/mol. The van der Waals surface area contributed by atoms with Crippen LogP contribution in [-0.2, 0) is 4.79 Å². The largest absolute Gasteiger partial charge is 0.287 e. The number of carbonyl (C=O) groups excluding carboxylic acids is 1. The topological polar surface area (TPSA) is 17.1 Å². The molecule has 3 atom stereocenters. The van der Waals surface area contributed by atoms with Gasteiger partial charge in [0.25, 0.3) is 0 Å². The Morgan fingerprint density at radius 2 is 1.89 bits per heavy atom. The van der Waals surface area contributed by atoms with Crippen LogP contribution < -0.4 is 0 Å². The predicted molar refractivity (Wildman–Crippen MR) is 40.4 cm³/mol. The SMILES string of the molecule is CC1SC(=O)C(C)C1C. The van der Waals surface area contributed by atoms with E-state index in [9.17, 15) is 4.79 Å². The van der Waals surface area contributed by atoms with Crippen LogP contribution in [0.4, 0.5) is 0 Å². The lowest BCUT2D eigenvalue weighted by Gasteiger charge is -2.08. The molecule has 0 radical (unpaired) electrons. The molecular weight excluding hydrogens is 132 g/mol. The molecule has 1 heterocycles. The highest BCUT2D eigenvalue weighted by atomic mass is 32.2. The Morgan fingerprint density at radius 1 is 1.33 bits per heavy atom. The molecule has 0 saturated carbocycles. The van der Waals surface area contributed by atoms with Gasteiger partial charge in [0.05, 0.1) is 0 Å². The molecule has 0 aromatic rings. The Bertz CT molecular complexity index is 133. The van der Waals surface area contributed by atoms with Crippen LogP contribution in [0.15, 0.2) is 0 Å². The molecule has 0 aromatic heterocycles. The fourth-order valence-corrected chi connectivity index (χ4v) is 2.27. The lowest BCUT2D eigenvalue weighted by atomic mass is 9.95. The van der Waals surface area contributed by atoms with E-state index in [0.29, 0.717) is 16.3 Å². The molecule has 1 saturated heterocycles. The van der Waals surface area contributed by atoms with Gasteiger partial charge in [-0.3, -0.25) is 4.79 Å². The zero-order valence-corrected chi connectivity index (χ0v) is 6.87. The van der Waals surface area contributed by atoms with Crippen LogP contribution in [0.2, 0.25) is 0 Å². The molecule has 1 fully saturated rings. The van der Waals surface area contributed by atoms with Gasteiger partial charge in [0.2, 0.25) is 0 Å². The molecule has 0 spiro atoms. The van der Waals surface area contributed by atoms with Crippen LogP contribution in [0, 0.1) is 11.8 Å². The Balaban J connectivity index is 2.65. The Morgan fingerprint density at radius 3 is 2.00 bits per heavy atom. The van der Waals surface area contributed by atoms with Gasteiger partial charge in [-0.25, -0.2) is 0 Å². The predicted octanol–water partition coefficient (Wildman–Crippen LogP) is 1.92. The van der Waals surface area contributed by atoms with Crippen LogP contribution in [-0.4, -0.2) is 10.4 Å². The fourth-order valence-electron chi connectivity index (χ4n) is 1.02. The minimum absolute atomic E-state index is 0.282. The van der Waals surface area contributed by atoms with Gasteiger partial charge in [-0.1, -0.05) is 32.5 Å². The van der Waals surface area contributed by atoms with Crippen molar-refractivity contribution in [1.29, 1.82) is 0 Å². The highest BCUT2D eigenvalue weighted by molar-refractivity contribution is 8.14. The van der Waals surface area contributed by atoms with Crippen molar-refractivity contribution < 1.29 is 4.79 Å². The van der Waals surface area contributed by atoms with Crippen molar-refractivity contribution in [2.45, 2.75) is 26.0 Å². The van der Waals surface area contributed by atoms with Crippen molar-refractivity contribution in [2.24, 2.45) is 11.8 Å². The van der Waals surface area contributed by atoms with E-state index in [4.69, 9.17) is 0 Å². The summed E-state index contributed by atoms with van der Waals surface area (Å²) in [6.45, 7) is 6.29. The molecule has 2 heteroatoms. The highest BCUT2D eigenvalue weighted by Gasteiger charge is 2.34.